The summed E-state index contributed by atoms with van der Waals surface area (Å²) in [5, 5.41) is 12.2. The van der Waals surface area contributed by atoms with Crippen molar-refractivity contribution in [2.75, 3.05) is 11.5 Å². The molecule has 2 heterocycles. The van der Waals surface area contributed by atoms with E-state index in [4.69, 9.17) is 5.11 Å². The van der Waals surface area contributed by atoms with Crippen LogP contribution in [0.3, 0.4) is 0 Å². The van der Waals surface area contributed by atoms with Crippen LogP contribution in [0.15, 0.2) is 17.3 Å². The fourth-order valence-corrected chi connectivity index (χ4v) is 5.08. The summed E-state index contributed by atoms with van der Waals surface area (Å²) in [7, 11) is -7.14. The summed E-state index contributed by atoms with van der Waals surface area (Å²) < 4.78 is 50.5. The first kappa shape index (κ1) is 15.9. The van der Waals surface area contributed by atoms with Gasteiger partial charge in [-0.15, -0.1) is 0 Å². The van der Waals surface area contributed by atoms with Crippen LogP contribution >= 0.6 is 0 Å². The topological polar surface area (TPSA) is 135 Å². The van der Waals surface area contributed by atoms with Gasteiger partial charge in [-0.1, -0.05) is 0 Å². The first-order valence-electron chi connectivity index (χ1n) is 6.15. The first-order valence-corrected chi connectivity index (χ1v) is 9.45. The van der Waals surface area contributed by atoms with E-state index in [-0.39, 0.29) is 16.4 Å². The van der Waals surface area contributed by atoms with E-state index in [0.717, 1.165) is 17.1 Å². The number of sulfonamides is 1. The monoisotopic (exact) mass is 337 g/mol. The first-order chi connectivity index (χ1) is 9.68. The van der Waals surface area contributed by atoms with E-state index in [1.165, 1.54) is 0 Å². The third-order valence-corrected chi connectivity index (χ3v) is 6.30. The van der Waals surface area contributed by atoms with Crippen molar-refractivity contribution in [3.05, 3.63) is 12.4 Å². The Labute approximate surface area is 121 Å². The number of nitrogens with zero attached hydrogens (tertiary/aromatic N) is 2. The van der Waals surface area contributed by atoms with Crippen LogP contribution in [0.25, 0.3) is 0 Å². The van der Waals surface area contributed by atoms with Crippen LogP contribution in [-0.4, -0.2) is 55.2 Å². The molecule has 118 valence electrons. The van der Waals surface area contributed by atoms with Gasteiger partial charge in [-0.3, -0.25) is 9.48 Å². The Bertz CT molecular complexity index is 737. The molecule has 0 saturated carbocycles. The van der Waals surface area contributed by atoms with E-state index in [1.807, 2.05) is 0 Å². The number of hydrogen-bond donors (Lipinski definition) is 2. The van der Waals surface area contributed by atoms with Crippen LogP contribution in [0.5, 0.6) is 0 Å². The molecule has 2 rings (SSSR count). The van der Waals surface area contributed by atoms with Crippen molar-refractivity contribution in [3.8, 4) is 0 Å². The lowest BCUT2D eigenvalue weighted by Crippen LogP contribution is -2.43. The number of aliphatic carboxylic acids is 1. The van der Waals surface area contributed by atoms with Crippen molar-refractivity contribution < 1.29 is 26.7 Å². The van der Waals surface area contributed by atoms with Gasteiger partial charge >= 0.3 is 5.97 Å². The summed E-state index contributed by atoms with van der Waals surface area (Å²) >= 11 is 0. The molecule has 0 aliphatic carbocycles. The van der Waals surface area contributed by atoms with Gasteiger partial charge in [-0.2, -0.15) is 5.10 Å². The van der Waals surface area contributed by atoms with Crippen LogP contribution < -0.4 is 4.72 Å². The molecule has 0 radical (unpaired) electrons. The Morgan fingerprint density at radius 3 is 2.86 bits per heavy atom. The molecule has 1 unspecified atom stereocenters. The molecule has 21 heavy (non-hydrogen) atoms. The average molecular weight is 337 g/mol. The Hall–Kier alpha value is -1.46. The Kier molecular flexibility index (Phi) is 4.35. The zero-order chi connectivity index (χ0) is 15.7. The van der Waals surface area contributed by atoms with Crippen molar-refractivity contribution in [1.82, 2.24) is 14.5 Å². The summed E-state index contributed by atoms with van der Waals surface area (Å²) in [5.74, 6) is -1.30. The second-order valence-corrected chi connectivity index (χ2v) is 8.78. The van der Waals surface area contributed by atoms with Gasteiger partial charge in [-0.05, 0) is 12.8 Å². The second kappa shape index (κ2) is 5.73. The number of carboxylic acids is 1. The molecule has 0 amide bonds. The molecular weight excluding hydrogens is 322 g/mol. The van der Waals surface area contributed by atoms with Crippen LogP contribution in [0.4, 0.5) is 0 Å². The molecule has 1 aliphatic rings. The summed E-state index contributed by atoms with van der Waals surface area (Å²) in [6.07, 6.45) is 2.98. The number of aromatic nitrogens is 2. The molecule has 0 bridgehead atoms. The second-order valence-electron chi connectivity index (χ2n) is 4.84. The normalized spacial score (nSPS) is 22.0. The van der Waals surface area contributed by atoms with E-state index in [9.17, 15) is 21.6 Å². The maximum atomic E-state index is 12.1. The highest BCUT2D eigenvalue weighted by atomic mass is 32.2. The molecule has 9 nitrogen and oxygen atoms in total. The molecular formula is C10H15N3O6S2. The summed E-state index contributed by atoms with van der Waals surface area (Å²) in [4.78, 5) is 10.3. The minimum Gasteiger partial charge on any atom is -0.480 e. The van der Waals surface area contributed by atoms with Gasteiger partial charge in [0.2, 0.25) is 10.0 Å². The number of carbonyl (C=O) groups is 1. The maximum Gasteiger partial charge on any atom is 0.325 e. The molecule has 1 fully saturated rings. The summed E-state index contributed by atoms with van der Waals surface area (Å²) in [6.45, 7) is -0.451. The predicted octanol–water partition coefficient (Wildman–Crippen LogP) is -1.18. The average Bonchev–Trinajstić information content (AvgIpc) is 2.75. The van der Waals surface area contributed by atoms with Crippen molar-refractivity contribution in [2.45, 2.75) is 30.3 Å². The molecule has 0 spiro atoms. The number of nitrogens with one attached hydrogen (secondary N) is 1. The van der Waals surface area contributed by atoms with Crippen LogP contribution in [-0.2, 0) is 31.2 Å². The highest BCUT2D eigenvalue weighted by Crippen LogP contribution is 2.15. The fraction of sp³-hybridized carbons (Fsp3) is 0.600. The third-order valence-electron chi connectivity index (χ3n) is 3.00. The molecule has 1 aliphatic heterocycles. The molecule has 11 heteroatoms. The van der Waals surface area contributed by atoms with Crippen molar-refractivity contribution in [1.29, 1.82) is 0 Å². The molecule has 1 saturated heterocycles. The van der Waals surface area contributed by atoms with Crippen LogP contribution in [0.2, 0.25) is 0 Å². The minimum absolute atomic E-state index is 0.0712. The van der Waals surface area contributed by atoms with Crippen molar-refractivity contribution in [2.24, 2.45) is 0 Å². The molecule has 1 atom stereocenters. The molecule has 1 aromatic rings. The lowest BCUT2D eigenvalue weighted by Gasteiger charge is -2.22. The van der Waals surface area contributed by atoms with Gasteiger partial charge in [0.1, 0.15) is 11.4 Å². The lowest BCUT2D eigenvalue weighted by molar-refractivity contribution is -0.137. The number of rotatable bonds is 5. The van der Waals surface area contributed by atoms with Gasteiger partial charge in [0.05, 0.1) is 17.7 Å². The standard InChI is InChI=1S/C10H15N3O6S2/c14-10(15)6-13-5-9(4-11-13)21(18,19)12-8-2-1-3-20(16,17)7-8/h4-5,8,12H,1-3,6-7H2,(H,14,15). The van der Waals surface area contributed by atoms with Gasteiger partial charge in [0.25, 0.3) is 0 Å². The Morgan fingerprint density at radius 1 is 1.52 bits per heavy atom. The van der Waals surface area contributed by atoms with Gasteiger partial charge in [0, 0.05) is 12.2 Å². The van der Waals surface area contributed by atoms with Gasteiger partial charge in [-0.25, -0.2) is 21.6 Å². The largest absolute Gasteiger partial charge is 0.480 e. The van der Waals surface area contributed by atoms with Crippen molar-refractivity contribution in [3.63, 3.8) is 0 Å². The molecule has 0 aromatic carbocycles. The highest BCUT2D eigenvalue weighted by Gasteiger charge is 2.29. The van der Waals surface area contributed by atoms with E-state index < -0.39 is 38.4 Å². The summed E-state index contributed by atoms with van der Waals surface area (Å²) in [6, 6.07) is -0.670. The zero-order valence-electron chi connectivity index (χ0n) is 11.0. The van der Waals surface area contributed by atoms with Crippen molar-refractivity contribution >= 4 is 25.8 Å². The van der Waals surface area contributed by atoms with E-state index in [2.05, 4.69) is 9.82 Å². The maximum absolute atomic E-state index is 12.1. The fourth-order valence-electron chi connectivity index (χ4n) is 2.11. The quantitative estimate of drug-likeness (QED) is 0.690. The molecule has 2 N–H and O–H groups in total. The Balaban J connectivity index is 2.11. The van der Waals surface area contributed by atoms with Crippen LogP contribution in [0, 0.1) is 0 Å². The van der Waals surface area contributed by atoms with E-state index in [0.29, 0.717) is 12.8 Å². The molecule has 1 aromatic heterocycles. The van der Waals surface area contributed by atoms with E-state index >= 15 is 0 Å². The SMILES string of the molecule is O=C(O)Cn1cc(S(=O)(=O)NC2CCCS(=O)(=O)C2)cn1. The van der Waals surface area contributed by atoms with Crippen LogP contribution in [0.1, 0.15) is 12.8 Å². The highest BCUT2D eigenvalue weighted by molar-refractivity contribution is 7.91. The Morgan fingerprint density at radius 2 is 2.24 bits per heavy atom. The predicted molar refractivity (Wildman–Crippen MR) is 71.9 cm³/mol. The number of carboxylic acid groups (broad SMARTS) is 1. The van der Waals surface area contributed by atoms with E-state index in [1.54, 1.807) is 0 Å². The zero-order valence-corrected chi connectivity index (χ0v) is 12.6. The van der Waals surface area contributed by atoms with Gasteiger partial charge < -0.3 is 5.11 Å². The third kappa shape index (κ3) is 4.25. The lowest BCUT2D eigenvalue weighted by atomic mass is 10.2. The van der Waals surface area contributed by atoms with Gasteiger partial charge in [0.15, 0.2) is 9.84 Å². The minimum atomic E-state index is -3.92. The smallest absolute Gasteiger partial charge is 0.325 e. The summed E-state index contributed by atoms with van der Waals surface area (Å²) in [5.41, 5.74) is 0. The number of hydrogen-bond acceptors (Lipinski definition) is 6. The number of sulfone groups is 1.